The predicted octanol–water partition coefficient (Wildman–Crippen LogP) is 4.29. The van der Waals surface area contributed by atoms with Gasteiger partial charge in [-0.25, -0.2) is 4.79 Å². The lowest BCUT2D eigenvalue weighted by atomic mass is 9.60. The fourth-order valence-corrected chi connectivity index (χ4v) is 3.93. The largest absolute Gasteiger partial charge is 0.497 e. The number of piperidine rings is 1. The Balaban J connectivity index is 1.46. The maximum absolute atomic E-state index is 12.2. The molecule has 138 valence electrons. The van der Waals surface area contributed by atoms with E-state index in [4.69, 9.17) is 9.47 Å². The molecule has 2 aliphatic rings. The maximum atomic E-state index is 12.2. The van der Waals surface area contributed by atoms with Crippen molar-refractivity contribution >= 4 is 11.8 Å². The molecule has 0 radical (unpaired) electrons. The lowest BCUT2D eigenvalue weighted by Crippen LogP contribution is -2.53. The standard InChI is InChI=1S/C20H30N2O3/c1-19(2,3)25-18(23)22-10-8-20(9-11-22)13-16(14-20)21-15-6-5-7-17(12-15)24-4/h5-7,12,16,21H,8-11,13-14H2,1-4H3. The second-order valence-electron chi connectivity index (χ2n) is 8.45. The van der Waals surface area contributed by atoms with Gasteiger partial charge in [0.05, 0.1) is 7.11 Å². The summed E-state index contributed by atoms with van der Waals surface area (Å²) in [7, 11) is 1.69. The number of likely N-dealkylation sites (tertiary alicyclic amines) is 1. The van der Waals surface area contributed by atoms with Crippen LogP contribution in [0.15, 0.2) is 24.3 Å². The molecule has 1 saturated carbocycles. The van der Waals surface area contributed by atoms with Crippen LogP contribution < -0.4 is 10.1 Å². The van der Waals surface area contributed by atoms with Crippen molar-refractivity contribution in [2.45, 2.75) is 58.1 Å². The molecule has 0 unspecified atom stereocenters. The molecule has 3 rings (SSSR count). The molecule has 0 atom stereocenters. The van der Waals surface area contributed by atoms with E-state index in [-0.39, 0.29) is 6.09 Å². The summed E-state index contributed by atoms with van der Waals surface area (Å²) in [5, 5.41) is 3.60. The molecular weight excluding hydrogens is 316 g/mol. The molecule has 0 bridgehead atoms. The number of anilines is 1. The highest BCUT2D eigenvalue weighted by molar-refractivity contribution is 5.68. The molecule has 25 heavy (non-hydrogen) atoms. The minimum atomic E-state index is -0.422. The number of ether oxygens (including phenoxy) is 2. The first-order valence-corrected chi connectivity index (χ1v) is 9.17. The summed E-state index contributed by atoms with van der Waals surface area (Å²) in [5.74, 6) is 0.879. The lowest BCUT2D eigenvalue weighted by Gasteiger charge is -2.52. The van der Waals surface area contributed by atoms with Crippen molar-refractivity contribution in [1.29, 1.82) is 0 Å². The zero-order valence-electron chi connectivity index (χ0n) is 15.8. The van der Waals surface area contributed by atoms with E-state index >= 15 is 0 Å². The van der Waals surface area contributed by atoms with Crippen LogP contribution in [0, 0.1) is 5.41 Å². The molecule has 1 aromatic rings. The molecule has 2 fully saturated rings. The van der Waals surface area contributed by atoms with E-state index in [1.807, 2.05) is 43.9 Å². The average Bonchev–Trinajstić information content (AvgIpc) is 2.52. The molecular formula is C20H30N2O3. The van der Waals surface area contributed by atoms with Crippen molar-refractivity contribution in [3.8, 4) is 5.75 Å². The van der Waals surface area contributed by atoms with Gasteiger partial charge in [0.2, 0.25) is 0 Å². The van der Waals surface area contributed by atoms with Crippen LogP contribution in [0.25, 0.3) is 0 Å². The van der Waals surface area contributed by atoms with E-state index in [0.29, 0.717) is 11.5 Å². The normalized spacial score (nSPS) is 20.1. The number of nitrogens with one attached hydrogen (secondary N) is 1. The first kappa shape index (κ1) is 17.9. The van der Waals surface area contributed by atoms with Gasteiger partial charge >= 0.3 is 6.09 Å². The topological polar surface area (TPSA) is 50.8 Å². The highest BCUT2D eigenvalue weighted by Crippen LogP contribution is 2.50. The molecule has 1 aliphatic carbocycles. The SMILES string of the molecule is COc1cccc(NC2CC3(CCN(C(=O)OC(C)(C)C)CC3)C2)c1. The number of methoxy groups -OCH3 is 1. The number of rotatable bonds is 3. The van der Waals surface area contributed by atoms with E-state index < -0.39 is 5.60 Å². The Labute approximate surface area is 150 Å². The molecule has 0 aromatic heterocycles. The molecule has 1 saturated heterocycles. The molecule has 5 heteroatoms. The van der Waals surface area contributed by atoms with Gasteiger partial charge in [-0.1, -0.05) is 6.07 Å². The van der Waals surface area contributed by atoms with Gasteiger partial charge in [0.25, 0.3) is 0 Å². The quantitative estimate of drug-likeness (QED) is 0.887. The van der Waals surface area contributed by atoms with Crippen molar-refractivity contribution in [1.82, 2.24) is 4.90 Å². The average molecular weight is 346 g/mol. The first-order chi connectivity index (χ1) is 11.8. The number of nitrogens with zero attached hydrogens (tertiary/aromatic N) is 1. The fraction of sp³-hybridized carbons (Fsp3) is 0.650. The zero-order chi connectivity index (χ0) is 18.1. The van der Waals surface area contributed by atoms with Gasteiger partial charge in [0, 0.05) is 30.9 Å². The predicted molar refractivity (Wildman–Crippen MR) is 99.1 cm³/mol. The van der Waals surface area contributed by atoms with Crippen molar-refractivity contribution in [2.24, 2.45) is 5.41 Å². The Bertz CT molecular complexity index is 608. The number of benzene rings is 1. The van der Waals surface area contributed by atoms with Crippen LogP contribution in [0.4, 0.5) is 10.5 Å². The summed E-state index contributed by atoms with van der Waals surface area (Å²) in [4.78, 5) is 14.0. The monoisotopic (exact) mass is 346 g/mol. The zero-order valence-corrected chi connectivity index (χ0v) is 15.8. The minimum Gasteiger partial charge on any atom is -0.497 e. The Morgan fingerprint density at radius 3 is 2.52 bits per heavy atom. The van der Waals surface area contributed by atoms with E-state index in [0.717, 1.165) is 37.4 Å². The summed E-state index contributed by atoms with van der Waals surface area (Å²) >= 11 is 0. The second kappa shape index (κ2) is 6.77. The van der Waals surface area contributed by atoms with Gasteiger partial charge in [0.1, 0.15) is 11.4 Å². The Kier molecular flexibility index (Phi) is 4.85. The highest BCUT2D eigenvalue weighted by Gasteiger charge is 2.46. The van der Waals surface area contributed by atoms with Gasteiger partial charge in [-0.3, -0.25) is 0 Å². The maximum Gasteiger partial charge on any atom is 0.410 e. The molecule has 5 nitrogen and oxygen atoms in total. The van der Waals surface area contributed by atoms with Crippen LogP contribution >= 0.6 is 0 Å². The van der Waals surface area contributed by atoms with Crippen LogP contribution in [-0.4, -0.2) is 42.8 Å². The summed E-state index contributed by atoms with van der Waals surface area (Å²) in [6.07, 6.45) is 4.32. The third kappa shape index (κ3) is 4.39. The third-order valence-corrected chi connectivity index (χ3v) is 5.28. The first-order valence-electron chi connectivity index (χ1n) is 9.17. The van der Waals surface area contributed by atoms with Gasteiger partial charge in [-0.15, -0.1) is 0 Å². The van der Waals surface area contributed by atoms with Crippen LogP contribution in [0.5, 0.6) is 5.75 Å². The minimum absolute atomic E-state index is 0.173. The number of carbonyl (C=O) groups is 1. The smallest absolute Gasteiger partial charge is 0.410 e. The van der Waals surface area contributed by atoms with E-state index in [2.05, 4.69) is 11.4 Å². The Morgan fingerprint density at radius 2 is 1.92 bits per heavy atom. The third-order valence-electron chi connectivity index (χ3n) is 5.28. The van der Waals surface area contributed by atoms with Gasteiger partial charge < -0.3 is 19.7 Å². The molecule has 1 aromatic carbocycles. The van der Waals surface area contributed by atoms with Crippen molar-refractivity contribution in [3.05, 3.63) is 24.3 Å². The van der Waals surface area contributed by atoms with Crippen molar-refractivity contribution in [2.75, 3.05) is 25.5 Å². The molecule has 1 N–H and O–H groups in total. The number of hydrogen-bond acceptors (Lipinski definition) is 4. The number of amides is 1. The lowest BCUT2D eigenvalue weighted by molar-refractivity contribution is -0.00859. The van der Waals surface area contributed by atoms with E-state index in [1.54, 1.807) is 7.11 Å². The second-order valence-corrected chi connectivity index (χ2v) is 8.45. The van der Waals surface area contributed by atoms with Gasteiger partial charge in [0.15, 0.2) is 0 Å². The Hall–Kier alpha value is -1.91. The van der Waals surface area contributed by atoms with E-state index in [9.17, 15) is 4.79 Å². The number of carbonyl (C=O) groups excluding carboxylic acids is 1. The molecule has 1 amide bonds. The van der Waals surface area contributed by atoms with Crippen LogP contribution in [0.1, 0.15) is 46.5 Å². The number of hydrogen-bond donors (Lipinski definition) is 1. The summed E-state index contributed by atoms with van der Waals surface area (Å²) < 4.78 is 10.8. The van der Waals surface area contributed by atoms with E-state index in [1.165, 1.54) is 12.8 Å². The van der Waals surface area contributed by atoms with Gasteiger partial charge in [-0.05, 0) is 64.0 Å². The highest BCUT2D eigenvalue weighted by atomic mass is 16.6. The summed E-state index contributed by atoms with van der Waals surface area (Å²) in [6, 6.07) is 8.60. The van der Waals surface area contributed by atoms with Gasteiger partial charge in [-0.2, -0.15) is 0 Å². The Morgan fingerprint density at radius 1 is 1.24 bits per heavy atom. The van der Waals surface area contributed by atoms with Crippen molar-refractivity contribution in [3.63, 3.8) is 0 Å². The molecule has 1 heterocycles. The molecule has 1 aliphatic heterocycles. The fourth-order valence-electron chi connectivity index (χ4n) is 3.93. The van der Waals surface area contributed by atoms with Crippen LogP contribution in [-0.2, 0) is 4.74 Å². The summed E-state index contributed by atoms with van der Waals surface area (Å²) in [6.45, 7) is 7.35. The van der Waals surface area contributed by atoms with Crippen LogP contribution in [0.2, 0.25) is 0 Å². The molecule has 1 spiro atoms. The van der Waals surface area contributed by atoms with Crippen LogP contribution in [0.3, 0.4) is 0 Å². The summed E-state index contributed by atoms with van der Waals surface area (Å²) in [5.41, 5.74) is 1.09. The van der Waals surface area contributed by atoms with Crippen molar-refractivity contribution < 1.29 is 14.3 Å².